The lowest BCUT2D eigenvalue weighted by Crippen LogP contribution is -2.45. The average Bonchev–Trinajstić information content (AvgIpc) is 3.33. The summed E-state index contributed by atoms with van der Waals surface area (Å²) in [5.74, 6) is 0.0991. The van der Waals surface area contributed by atoms with Gasteiger partial charge in [0, 0.05) is 17.8 Å². The van der Waals surface area contributed by atoms with E-state index in [1.807, 2.05) is 32.1 Å². The molecule has 7 heteroatoms. The summed E-state index contributed by atoms with van der Waals surface area (Å²) >= 11 is 0. The number of anilines is 1. The minimum Gasteiger partial charge on any atom is -0.454 e. The summed E-state index contributed by atoms with van der Waals surface area (Å²) in [6, 6.07) is 5.45. The first-order chi connectivity index (χ1) is 12.5. The molecular weight excluding hydrogens is 336 g/mol. The molecule has 4 aliphatic rings. The van der Waals surface area contributed by atoms with Crippen molar-refractivity contribution in [2.45, 2.75) is 31.6 Å². The maximum Gasteiger partial charge on any atom is 0.234 e. The van der Waals surface area contributed by atoms with Gasteiger partial charge in [0.1, 0.15) is 5.60 Å². The Balaban J connectivity index is 1.48. The number of carbonyl (C=O) groups excluding carboxylic acids is 2. The number of nitrogens with one attached hydrogen (secondary N) is 1. The molecule has 2 bridgehead atoms. The number of carbonyl (C=O) groups is 2. The van der Waals surface area contributed by atoms with Crippen LogP contribution in [0.2, 0.25) is 0 Å². The maximum atomic E-state index is 13.2. The Hall–Kier alpha value is -2.54. The summed E-state index contributed by atoms with van der Waals surface area (Å²) in [5, 5.41) is 2.93. The number of rotatable bonds is 3. The lowest BCUT2D eigenvalue weighted by atomic mass is 9.76. The molecule has 4 atom stereocenters. The molecule has 4 heterocycles. The number of benzene rings is 1. The van der Waals surface area contributed by atoms with Gasteiger partial charge in [-0.1, -0.05) is 12.2 Å². The van der Waals surface area contributed by atoms with Crippen molar-refractivity contribution in [1.29, 1.82) is 0 Å². The standard InChI is InChI=1S/C19H20N2O5/c1-10(2)20-17(22)15-13-5-6-19(26-13)8-21(18(23)16(15)19)11-3-4-12-14(7-11)25-9-24-12/h3-7,10,13,15-16H,8-9H2,1-2H3,(H,20,22)/t13-,15?,16?,19?/m0/s1. The maximum absolute atomic E-state index is 13.2. The molecule has 5 rings (SSSR count). The fourth-order valence-electron chi connectivity index (χ4n) is 4.45. The first-order valence-electron chi connectivity index (χ1n) is 8.87. The fraction of sp³-hybridized carbons (Fsp3) is 0.474. The second-order valence-electron chi connectivity index (χ2n) is 7.53. The fourth-order valence-corrected chi connectivity index (χ4v) is 4.45. The monoisotopic (exact) mass is 356 g/mol. The van der Waals surface area contributed by atoms with Gasteiger partial charge in [-0.15, -0.1) is 0 Å². The Kier molecular flexibility index (Phi) is 3.16. The average molecular weight is 356 g/mol. The Morgan fingerprint density at radius 2 is 2.12 bits per heavy atom. The van der Waals surface area contributed by atoms with Crippen LogP contribution in [0.3, 0.4) is 0 Å². The Bertz CT molecular complexity index is 835. The van der Waals surface area contributed by atoms with Gasteiger partial charge < -0.3 is 24.4 Å². The largest absolute Gasteiger partial charge is 0.454 e. The van der Waals surface area contributed by atoms with Gasteiger partial charge >= 0.3 is 0 Å². The van der Waals surface area contributed by atoms with Crippen LogP contribution in [0.4, 0.5) is 5.69 Å². The van der Waals surface area contributed by atoms with Crippen LogP contribution in [0.15, 0.2) is 30.4 Å². The predicted octanol–water partition coefficient (Wildman–Crippen LogP) is 1.23. The highest BCUT2D eigenvalue weighted by Gasteiger charge is 2.67. The van der Waals surface area contributed by atoms with E-state index in [-0.39, 0.29) is 30.8 Å². The number of nitrogens with zero attached hydrogens (tertiary/aromatic N) is 1. The van der Waals surface area contributed by atoms with Gasteiger partial charge in [-0.05, 0) is 26.0 Å². The van der Waals surface area contributed by atoms with Crippen molar-refractivity contribution in [3.8, 4) is 11.5 Å². The lowest BCUT2D eigenvalue weighted by molar-refractivity contribution is -0.132. The number of amides is 2. The molecule has 7 nitrogen and oxygen atoms in total. The first-order valence-corrected chi connectivity index (χ1v) is 8.87. The summed E-state index contributed by atoms with van der Waals surface area (Å²) < 4.78 is 16.9. The second-order valence-corrected chi connectivity index (χ2v) is 7.53. The summed E-state index contributed by atoms with van der Waals surface area (Å²) in [4.78, 5) is 27.6. The minimum absolute atomic E-state index is 0.0167. The van der Waals surface area contributed by atoms with Crippen LogP contribution >= 0.6 is 0 Å². The summed E-state index contributed by atoms with van der Waals surface area (Å²) in [7, 11) is 0. The third-order valence-electron chi connectivity index (χ3n) is 5.50. The van der Waals surface area contributed by atoms with Crippen LogP contribution in [0.1, 0.15) is 13.8 Å². The molecule has 0 aromatic heterocycles. The molecule has 1 aromatic rings. The molecule has 2 amide bonds. The zero-order valence-corrected chi connectivity index (χ0v) is 14.6. The molecule has 0 saturated carbocycles. The van der Waals surface area contributed by atoms with E-state index in [1.165, 1.54) is 0 Å². The number of hydrogen-bond acceptors (Lipinski definition) is 5. The quantitative estimate of drug-likeness (QED) is 0.825. The normalized spacial score (nSPS) is 33.3. The zero-order valence-electron chi connectivity index (χ0n) is 14.6. The summed E-state index contributed by atoms with van der Waals surface area (Å²) in [6.07, 6.45) is 3.53. The van der Waals surface area contributed by atoms with Crippen LogP contribution < -0.4 is 19.7 Å². The molecule has 4 aliphatic heterocycles. The van der Waals surface area contributed by atoms with E-state index in [2.05, 4.69) is 5.32 Å². The molecule has 0 radical (unpaired) electrons. The van der Waals surface area contributed by atoms with Gasteiger partial charge in [0.15, 0.2) is 11.5 Å². The molecule has 1 aromatic carbocycles. The summed E-state index contributed by atoms with van der Waals surface area (Å²) in [5.41, 5.74) is 0.00314. The molecule has 1 spiro atoms. The van der Waals surface area contributed by atoms with E-state index < -0.39 is 17.4 Å². The van der Waals surface area contributed by atoms with Crippen molar-refractivity contribution in [2.75, 3.05) is 18.2 Å². The number of ether oxygens (including phenoxy) is 3. The SMILES string of the molecule is CC(C)NC(=O)C1C2C(=O)N(c3ccc4c(c3)OCO4)CC23C=C[C@@H]1O3. The third-order valence-corrected chi connectivity index (χ3v) is 5.50. The van der Waals surface area contributed by atoms with Gasteiger partial charge in [-0.25, -0.2) is 0 Å². The van der Waals surface area contributed by atoms with Crippen molar-refractivity contribution in [3.63, 3.8) is 0 Å². The smallest absolute Gasteiger partial charge is 0.234 e. The van der Waals surface area contributed by atoms with Crippen LogP contribution in [-0.4, -0.2) is 42.9 Å². The third kappa shape index (κ3) is 2.03. The van der Waals surface area contributed by atoms with Crippen molar-refractivity contribution in [1.82, 2.24) is 5.32 Å². The van der Waals surface area contributed by atoms with Crippen LogP contribution in [0, 0.1) is 11.8 Å². The Labute approximate surface area is 150 Å². The van der Waals surface area contributed by atoms with E-state index in [0.717, 1.165) is 5.69 Å². The molecule has 0 aliphatic carbocycles. The zero-order chi connectivity index (χ0) is 18.1. The van der Waals surface area contributed by atoms with E-state index in [1.54, 1.807) is 17.0 Å². The Morgan fingerprint density at radius 1 is 1.31 bits per heavy atom. The van der Waals surface area contributed by atoms with Crippen LogP contribution in [0.5, 0.6) is 11.5 Å². The highest BCUT2D eigenvalue weighted by atomic mass is 16.7. The van der Waals surface area contributed by atoms with Gasteiger partial charge in [0.25, 0.3) is 0 Å². The highest BCUT2D eigenvalue weighted by molar-refractivity contribution is 6.03. The van der Waals surface area contributed by atoms with Crippen LogP contribution in [-0.2, 0) is 14.3 Å². The van der Waals surface area contributed by atoms with E-state index in [9.17, 15) is 9.59 Å². The number of fused-ring (bicyclic) bond motifs is 2. The molecule has 2 saturated heterocycles. The van der Waals surface area contributed by atoms with E-state index in [4.69, 9.17) is 14.2 Å². The van der Waals surface area contributed by atoms with Crippen molar-refractivity contribution < 1.29 is 23.8 Å². The number of hydrogen-bond donors (Lipinski definition) is 1. The molecule has 26 heavy (non-hydrogen) atoms. The molecule has 1 N–H and O–H groups in total. The lowest BCUT2D eigenvalue weighted by Gasteiger charge is -2.24. The van der Waals surface area contributed by atoms with E-state index >= 15 is 0 Å². The van der Waals surface area contributed by atoms with Gasteiger partial charge in [-0.2, -0.15) is 0 Å². The van der Waals surface area contributed by atoms with E-state index in [0.29, 0.717) is 18.0 Å². The Morgan fingerprint density at radius 3 is 2.92 bits per heavy atom. The van der Waals surface area contributed by atoms with Gasteiger partial charge in [0.2, 0.25) is 18.6 Å². The van der Waals surface area contributed by atoms with Crippen LogP contribution in [0.25, 0.3) is 0 Å². The van der Waals surface area contributed by atoms with Crippen molar-refractivity contribution in [3.05, 3.63) is 30.4 Å². The highest BCUT2D eigenvalue weighted by Crippen LogP contribution is 2.53. The molecule has 3 unspecified atom stereocenters. The molecule has 136 valence electrons. The van der Waals surface area contributed by atoms with Crippen molar-refractivity contribution >= 4 is 17.5 Å². The summed E-state index contributed by atoms with van der Waals surface area (Å²) in [6.45, 7) is 4.40. The molecular formula is C19H20N2O5. The topological polar surface area (TPSA) is 77.1 Å². The predicted molar refractivity (Wildman–Crippen MR) is 91.9 cm³/mol. The van der Waals surface area contributed by atoms with Gasteiger partial charge in [-0.3, -0.25) is 9.59 Å². The van der Waals surface area contributed by atoms with Gasteiger partial charge in [0.05, 0.1) is 24.5 Å². The molecule has 2 fully saturated rings. The minimum atomic E-state index is -0.725. The first kappa shape index (κ1) is 15.7. The van der Waals surface area contributed by atoms with Crippen molar-refractivity contribution in [2.24, 2.45) is 11.8 Å². The second kappa shape index (κ2) is 5.23.